The number of anilines is 1. The van der Waals surface area contributed by atoms with E-state index < -0.39 is 0 Å². The molecule has 2 aromatic rings. The third kappa shape index (κ3) is 1.50. The lowest BCUT2D eigenvalue weighted by Gasteiger charge is -2.01. The van der Waals surface area contributed by atoms with Gasteiger partial charge in [0.05, 0.1) is 0 Å². The van der Waals surface area contributed by atoms with Gasteiger partial charge in [-0.25, -0.2) is 0 Å². The summed E-state index contributed by atoms with van der Waals surface area (Å²) in [5, 5.41) is 7.79. The molecule has 0 bridgehead atoms. The second-order valence-electron chi connectivity index (χ2n) is 2.95. The number of halogens is 1. The summed E-state index contributed by atoms with van der Waals surface area (Å²) in [7, 11) is 1.84. The molecule has 0 fully saturated rings. The predicted molar refractivity (Wildman–Crippen MR) is 58.6 cm³/mol. The van der Waals surface area contributed by atoms with Crippen LogP contribution in [0, 0.1) is 0 Å². The minimum Gasteiger partial charge on any atom is -0.368 e. The van der Waals surface area contributed by atoms with E-state index in [1.165, 1.54) is 0 Å². The zero-order valence-corrected chi connectivity index (χ0v) is 9.19. The van der Waals surface area contributed by atoms with E-state index >= 15 is 0 Å². The standard InChI is InChI=1S/C9H9BrN4/c1-14-8(12-13-9(14)11)6-3-2-4-7(10)5-6/h2-5H,1H3,(H2,11,13). The Bertz CT molecular complexity index is 464. The zero-order valence-electron chi connectivity index (χ0n) is 7.61. The molecule has 0 unspecified atom stereocenters. The molecule has 14 heavy (non-hydrogen) atoms. The van der Waals surface area contributed by atoms with Crippen LogP contribution < -0.4 is 5.73 Å². The van der Waals surface area contributed by atoms with Gasteiger partial charge in [-0.2, -0.15) is 0 Å². The van der Waals surface area contributed by atoms with E-state index in [0.717, 1.165) is 15.9 Å². The highest BCUT2D eigenvalue weighted by Gasteiger charge is 2.07. The summed E-state index contributed by atoms with van der Waals surface area (Å²) in [6.45, 7) is 0. The molecular weight excluding hydrogens is 244 g/mol. The lowest BCUT2D eigenvalue weighted by Crippen LogP contribution is -1.98. The summed E-state index contributed by atoms with van der Waals surface area (Å²) in [5.41, 5.74) is 6.59. The van der Waals surface area contributed by atoms with Crippen LogP contribution in [0.4, 0.5) is 5.95 Å². The van der Waals surface area contributed by atoms with E-state index in [0.29, 0.717) is 5.95 Å². The Kier molecular flexibility index (Phi) is 2.25. The largest absolute Gasteiger partial charge is 0.368 e. The van der Waals surface area contributed by atoms with Crippen LogP contribution in [-0.2, 0) is 7.05 Å². The van der Waals surface area contributed by atoms with Gasteiger partial charge in [-0.05, 0) is 12.1 Å². The van der Waals surface area contributed by atoms with E-state index in [1.807, 2.05) is 31.3 Å². The van der Waals surface area contributed by atoms with Crippen molar-refractivity contribution in [1.29, 1.82) is 0 Å². The van der Waals surface area contributed by atoms with Crippen molar-refractivity contribution in [3.8, 4) is 11.4 Å². The van der Waals surface area contributed by atoms with Crippen molar-refractivity contribution in [3.63, 3.8) is 0 Å². The molecule has 0 aliphatic rings. The highest BCUT2D eigenvalue weighted by atomic mass is 79.9. The lowest BCUT2D eigenvalue weighted by molar-refractivity contribution is 0.934. The first-order valence-electron chi connectivity index (χ1n) is 4.09. The van der Waals surface area contributed by atoms with Crippen LogP contribution in [0.25, 0.3) is 11.4 Å². The molecule has 0 spiro atoms. The number of hydrogen-bond donors (Lipinski definition) is 1. The molecule has 1 aromatic heterocycles. The molecule has 2 rings (SSSR count). The lowest BCUT2D eigenvalue weighted by atomic mass is 10.2. The number of nitrogens with zero attached hydrogens (tertiary/aromatic N) is 3. The first-order valence-corrected chi connectivity index (χ1v) is 4.88. The third-order valence-corrected chi connectivity index (χ3v) is 2.48. The van der Waals surface area contributed by atoms with Crippen LogP contribution >= 0.6 is 15.9 Å². The molecule has 0 aliphatic carbocycles. The minimum atomic E-state index is 0.417. The maximum atomic E-state index is 5.59. The maximum Gasteiger partial charge on any atom is 0.222 e. The first kappa shape index (κ1) is 9.21. The Hall–Kier alpha value is -1.36. The summed E-state index contributed by atoms with van der Waals surface area (Å²) in [5.74, 6) is 1.18. The minimum absolute atomic E-state index is 0.417. The summed E-state index contributed by atoms with van der Waals surface area (Å²) in [4.78, 5) is 0. The Morgan fingerprint density at radius 2 is 2.14 bits per heavy atom. The molecule has 0 saturated heterocycles. The van der Waals surface area contributed by atoms with Crippen LogP contribution in [0.15, 0.2) is 28.7 Å². The zero-order chi connectivity index (χ0) is 10.1. The molecule has 72 valence electrons. The summed E-state index contributed by atoms with van der Waals surface area (Å²) in [6, 6.07) is 7.85. The maximum absolute atomic E-state index is 5.59. The smallest absolute Gasteiger partial charge is 0.222 e. The monoisotopic (exact) mass is 252 g/mol. The fraction of sp³-hybridized carbons (Fsp3) is 0.111. The Morgan fingerprint density at radius 3 is 2.71 bits per heavy atom. The average Bonchev–Trinajstić information content (AvgIpc) is 2.48. The number of nitrogens with two attached hydrogens (primary N) is 1. The number of nitrogen functional groups attached to an aromatic ring is 1. The van der Waals surface area contributed by atoms with Crippen molar-refractivity contribution in [3.05, 3.63) is 28.7 Å². The first-order chi connectivity index (χ1) is 6.68. The molecule has 0 radical (unpaired) electrons. The number of rotatable bonds is 1. The molecule has 2 N–H and O–H groups in total. The summed E-state index contributed by atoms with van der Waals surface area (Å²) in [6.07, 6.45) is 0. The molecular formula is C9H9BrN4. The van der Waals surface area contributed by atoms with E-state index in [1.54, 1.807) is 4.57 Å². The van der Waals surface area contributed by atoms with Gasteiger partial charge < -0.3 is 5.73 Å². The molecule has 1 aromatic carbocycles. The van der Waals surface area contributed by atoms with E-state index in [4.69, 9.17) is 5.73 Å². The molecule has 1 heterocycles. The van der Waals surface area contributed by atoms with Gasteiger partial charge >= 0.3 is 0 Å². The van der Waals surface area contributed by atoms with Gasteiger partial charge in [-0.1, -0.05) is 28.1 Å². The Balaban J connectivity index is 2.55. The Labute approximate surface area is 89.9 Å². The van der Waals surface area contributed by atoms with Crippen molar-refractivity contribution < 1.29 is 0 Å². The fourth-order valence-electron chi connectivity index (χ4n) is 1.22. The van der Waals surface area contributed by atoms with Gasteiger partial charge in [-0.3, -0.25) is 4.57 Å². The second-order valence-corrected chi connectivity index (χ2v) is 3.87. The molecule has 0 saturated carbocycles. The molecule has 4 nitrogen and oxygen atoms in total. The SMILES string of the molecule is Cn1c(N)nnc1-c1cccc(Br)c1. The number of benzene rings is 1. The summed E-state index contributed by atoms with van der Waals surface area (Å²) >= 11 is 3.40. The van der Waals surface area contributed by atoms with Gasteiger partial charge in [0.1, 0.15) is 0 Å². The van der Waals surface area contributed by atoms with Crippen LogP contribution in [0.3, 0.4) is 0 Å². The van der Waals surface area contributed by atoms with Crippen molar-refractivity contribution in [2.45, 2.75) is 0 Å². The van der Waals surface area contributed by atoms with E-state index in [9.17, 15) is 0 Å². The third-order valence-electron chi connectivity index (χ3n) is 1.99. The molecule has 0 atom stereocenters. The number of aromatic nitrogens is 3. The van der Waals surface area contributed by atoms with Crippen molar-refractivity contribution in [2.75, 3.05) is 5.73 Å². The Morgan fingerprint density at radius 1 is 1.36 bits per heavy atom. The van der Waals surface area contributed by atoms with Crippen LogP contribution in [0.5, 0.6) is 0 Å². The van der Waals surface area contributed by atoms with E-state index in [2.05, 4.69) is 26.1 Å². The van der Waals surface area contributed by atoms with Gasteiger partial charge in [-0.15, -0.1) is 10.2 Å². The number of hydrogen-bond acceptors (Lipinski definition) is 3. The van der Waals surface area contributed by atoms with E-state index in [-0.39, 0.29) is 0 Å². The predicted octanol–water partition coefficient (Wildman–Crippen LogP) is 1.83. The average molecular weight is 253 g/mol. The van der Waals surface area contributed by atoms with Gasteiger partial charge in [0.2, 0.25) is 5.95 Å². The van der Waals surface area contributed by atoms with Crippen molar-refractivity contribution >= 4 is 21.9 Å². The van der Waals surface area contributed by atoms with Crippen molar-refractivity contribution in [1.82, 2.24) is 14.8 Å². The highest BCUT2D eigenvalue weighted by Crippen LogP contribution is 2.21. The molecule has 0 aliphatic heterocycles. The van der Waals surface area contributed by atoms with Crippen LogP contribution in [-0.4, -0.2) is 14.8 Å². The quantitative estimate of drug-likeness (QED) is 0.843. The highest BCUT2D eigenvalue weighted by molar-refractivity contribution is 9.10. The topological polar surface area (TPSA) is 56.7 Å². The molecule has 0 amide bonds. The van der Waals surface area contributed by atoms with Crippen LogP contribution in [0.2, 0.25) is 0 Å². The van der Waals surface area contributed by atoms with Crippen molar-refractivity contribution in [2.24, 2.45) is 7.05 Å². The normalized spacial score (nSPS) is 10.4. The van der Waals surface area contributed by atoms with Gasteiger partial charge in [0, 0.05) is 17.1 Å². The summed E-state index contributed by atoms with van der Waals surface area (Å²) < 4.78 is 2.76. The van der Waals surface area contributed by atoms with Crippen LogP contribution in [0.1, 0.15) is 0 Å². The van der Waals surface area contributed by atoms with Gasteiger partial charge in [0.15, 0.2) is 5.82 Å². The second kappa shape index (κ2) is 3.42. The van der Waals surface area contributed by atoms with Gasteiger partial charge in [0.25, 0.3) is 0 Å². The fourth-order valence-corrected chi connectivity index (χ4v) is 1.62. The molecule has 5 heteroatoms.